The van der Waals surface area contributed by atoms with Crippen LogP contribution in [0, 0.1) is 0 Å². The quantitative estimate of drug-likeness (QED) is 0.234. The van der Waals surface area contributed by atoms with E-state index in [9.17, 15) is 13.6 Å². The Morgan fingerprint density at radius 1 is 1.03 bits per heavy atom. The lowest BCUT2D eigenvalue weighted by molar-refractivity contribution is -0.115. The van der Waals surface area contributed by atoms with Crippen LogP contribution >= 0.6 is 11.6 Å². The first-order valence-electron chi connectivity index (χ1n) is 12.3. The Balaban J connectivity index is 1.39. The number of fused-ring (bicyclic) bond motifs is 1. The highest BCUT2D eigenvalue weighted by molar-refractivity contribution is 6.32. The molecule has 8 heteroatoms. The SMILES string of the molecule is CCc1c(Cl)ccc2[nH]c(C(C)(C)Oc3ccc(NC(=O)Cc4ccc(C(F)(F)CC)cc4)cc3)nc12. The van der Waals surface area contributed by atoms with E-state index in [1.807, 2.05) is 32.9 Å². The van der Waals surface area contributed by atoms with E-state index in [0.29, 0.717) is 27.8 Å². The van der Waals surface area contributed by atoms with Gasteiger partial charge in [-0.3, -0.25) is 4.79 Å². The fourth-order valence-electron chi connectivity index (χ4n) is 4.14. The fraction of sp³-hybridized carbons (Fsp3) is 0.310. The summed E-state index contributed by atoms with van der Waals surface area (Å²) in [5, 5.41) is 3.52. The van der Waals surface area contributed by atoms with Gasteiger partial charge in [-0.1, -0.05) is 49.7 Å². The lowest BCUT2D eigenvalue weighted by Crippen LogP contribution is -2.26. The van der Waals surface area contributed by atoms with Crippen LogP contribution in [0.1, 0.15) is 56.6 Å². The van der Waals surface area contributed by atoms with Gasteiger partial charge in [-0.15, -0.1) is 0 Å². The summed E-state index contributed by atoms with van der Waals surface area (Å²) in [5.74, 6) is -1.81. The second kappa shape index (κ2) is 10.5. The molecule has 4 aromatic rings. The normalized spacial score (nSPS) is 12.1. The number of halogens is 3. The monoisotopic (exact) mass is 525 g/mol. The average Bonchev–Trinajstić information content (AvgIpc) is 3.31. The van der Waals surface area contributed by atoms with Crippen LogP contribution in [0.15, 0.2) is 60.7 Å². The Kier molecular flexibility index (Phi) is 7.55. The van der Waals surface area contributed by atoms with Crippen LogP contribution < -0.4 is 10.1 Å². The molecule has 3 aromatic carbocycles. The van der Waals surface area contributed by atoms with Gasteiger partial charge >= 0.3 is 0 Å². The summed E-state index contributed by atoms with van der Waals surface area (Å²) in [7, 11) is 0. The van der Waals surface area contributed by atoms with E-state index in [2.05, 4.69) is 10.3 Å². The predicted molar refractivity (Wildman–Crippen MR) is 144 cm³/mol. The molecule has 0 aliphatic rings. The van der Waals surface area contributed by atoms with E-state index in [0.717, 1.165) is 23.0 Å². The maximum atomic E-state index is 13.8. The number of nitrogens with zero attached hydrogens (tertiary/aromatic N) is 1. The zero-order valence-electron chi connectivity index (χ0n) is 21.3. The van der Waals surface area contributed by atoms with E-state index in [-0.39, 0.29) is 24.3 Å². The number of amides is 1. The summed E-state index contributed by atoms with van der Waals surface area (Å²) in [6.45, 7) is 7.34. The molecule has 0 unspecified atom stereocenters. The van der Waals surface area contributed by atoms with Crippen LogP contribution in [-0.4, -0.2) is 15.9 Å². The third-order valence-electron chi connectivity index (χ3n) is 6.32. The Morgan fingerprint density at radius 2 is 1.70 bits per heavy atom. The fourth-order valence-corrected chi connectivity index (χ4v) is 4.43. The van der Waals surface area contributed by atoms with Crippen LogP contribution in [-0.2, 0) is 29.2 Å². The molecule has 5 nitrogen and oxygen atoms in total. The number of aromatic nitrogens is 2. The molecule has 0 atom stereocenters. The molecule has 1 heterocycles. The number of aromatic amines is 1. The number of ether oxygens (including phenoxy) is 1. The summed E-state index contributed by atoms with van der Waals surface area (Å²) in [6.07, 6.45) is 0.588. The number of carbonyl (C=O) groups is 1. The summed E-state index contributed by atoms with van der Waals surface area (Å²) in [5.41, 5.74) is 3.21. The highest BCUT2D eigenvalue weighted by Gasteiger charge is 2.29. The van der Waals surface area contributed by atoms with Crippen molar-refractivity contribution in [1.29, 1.82) is 0 Å². The molecule has 4 rings (SSSR count). The molecule has 0 radical (unpaired) electrons. The third-order valence-corrected chi connectivity index (χ3v) is 6.68. The Labute approximate surface area is 220 Å². The van der Waals surface area contributed by atoms with Gasteiger partial charge in [0.15, 0.2) is 11.4 Å². The number of carbonyl (C=O) groups excluding carboxylic acids is 1. The van der Waals surface area contributed by atoms with Crippen molar-refractivity contribution in [1.82, 2.24) is 9.97 Å². The number of hydrogen-bond donors (Lipinski definition) is 2. The van der Waals surface area contributed by atoms with Gasteiger partial charge in [-0.05, 0) is 67.8 Å². The summed E-state index contributed by atoms with van der Waals surface area (Å²) < 4.78 is 33.8. The molecule has 37 heavy (non-hydrogen) atoms. The van der Waals surface area contributed by atoms with Crippen LogP contribution in [0.2, 0.25) is 5.02 Å². The Hall–Kier alpha value is -3.45. The summed E-state index contributed by atoms with van der Waals surface area (Å²) in [6, 6.07) is 16.7. The predicted octanol–water partition coefficient (Wildman–Crippen LogP) is 7.78. The molecule has 0 bridgehead atoms. The van der Waals surface area contributed by atoms with Gasteiger partial charge in [0.1, 0.15) is 5.75 Å². The van der Waals surface area contributed by atoms with Gasteiger partial charge in [-0.25, -0.2) is 13.8 Å². The van der Waals surface area contributed by atoms with Crippen LogP contribution in [0.25, 0.3) is 11.0 Å². The average molecular weight is 526 g/mol. The second-order valence-electron chi connectivity index (χ2n) is 9.48. The van der Waals surface area contributed by atoms with Crippen LogP contribution in [0.3, 0.4) is 0 Å². The van der Waals surface area contributed by atoms with Gasteiger partial charge in [0.05, 0.1) is 17.5 Å². The minimum absolute atomic E-state index is 0.0464. The van der Waals surface area contributed by atoms with Crippen LogP contribution in [0.5, 0.6) is 5.75 Å². The molecule has 0 aliphatic carbocycles. The minimum Gasteiger partial charge on any atom is -0.480 e. The van der Waals surface area contributed by atoms with Crippen molar-refractivity contribution < 1.29 is 18.3 Å². The molecular formula is C29H30ClF2N3O2. The van der Waals surface area contributed by atoms with Crippen molar-refractivity contribution in [3.8, 4) is 5.75 Å². The lowest BCUT2D eigenvalue weighted by atomic mass is 10.0. The van der Waals surface area contributed by atoms with E-state index in [4.69, 9.17) is 21.3 Å². The molecule has 0 aliphatic heterocycles. The van der Waals surface area contributed by atoms with Crippen molar-refractivity contribution in [3.63, 3.8) is 0 Å². The number of benzene rings is 3. The van der Waals surface area contributed by atoms with Crippen molar-refractivity contribution in [2.75, 3.05) is 5.32 Å². The number of rotatable bonds is 9. The molecule has 2 N–H and O–H groups in total. The lowest BCUT2D eigenvalue weighted by Gasteiger charge is -2.24. The van der Waals surface area contributed by atoms with Gasteiger partial charge in [0.25, 0.3) is 5.92 Å². The standard InChI is InChI=1S/C29H30ClF2N3O2/c1-5-22-23(30)15-16-24-26(22)35-27(34-24)28(3,4)37-21-13-11-20(12-14-21)33-25(36)17-18-7-9-19(10-8-18)29(31,32)6-2/h7-16H,5-6,17H2,1-4H3,(H,33,36)(H,34,35). The maximum Gasteiger partial charge on any atom is 0.273 e. The Morgan fingerprint density at radius 3 is 2.32 bits per heavy atom. The van der Waals surface area contributed by atoms with E-state index in [1.165, 1.54) is 19.1 Å². The second-order valence-corrected chi connectivity index (χ2v) is 9.88. The number of aryl methyl sites for hydroxylation is 1. The van der Waals surface area contributed by atoms with E-state index < -0.39 is 11.5 Å². The zero-order valence-corrected chi connectivity index (χ0v) is 22.0. The zero-order chi connectivity index (χ0) is 26.8. The number of alkyl halides is 2. The molecule has 0 spiro atoms. The summed E-state index contributed by atoms with van der Waals surface area (Å²) >= 11 is 6.34. The number of hydrogen-bond acceptors (Lipinski definition) is 3. The Bertz CT molecular complexity index is 1400. The largest absolute Gasteiger partial charge is 0.480 e. The molecule has 0 saturated heterocycles. The van der Waals surface area contributed by atoms with Crippen molar-refractivity contribution in [2.45, 2.75) is 58.5 Å². The van der Waals surface area contributed by atoms with Gasteiger partial charge in [0.2, 0.25) is 5.91 Å². The first-order chi connectivity index (χ1) is 17.5. The van der Waals surface area contributed by atoms with Gasteiger partial charge in [-0.2, -0.15) is 0 Å². The van der Waals surface area contributed by atoms with E-state index in [1.54, 1.807) is 36.4 Å². The highest BCUT2D eigenvalue weighted by atomic mass is 35.5. The maximum absolute atomic E-state index is 13.8. The van der Waals surface area contributed by atoms with Crippen LogP contribution in [0.4, 0.5) is 14.5 Å². The van der Waals surface area contributed by atoms with Gasteiger partial charge < -0.3 is 15.0 Å². The minimum atomic E-state index is -2.87. The summed E-state index contributed by atoms with van der Waals surface area (Å²) in [4.78, 5) is 20.6. The van der Waals surface area contributed by atoms with Gasteiger partial charge in [0, 0.05) is 22.7 Å². The number of anilines is 1. The number of nitrogens with one attached hydrogen (secondary N) is 2. The number of imidazole rings is 1. The third kappa shape index (κ3) is 5.93. The van der Waals surface area contributed by atoms with E-state index >= 15 is 0 Å². The first kappa shape index (κ1) is 26.6. The molecular weight excluding hydrogens is 496 g/mol. The molecule has 194 valence electrons. The smallest absolute Gasteiger partial charge is 0.273 e. The van der Waals surface area contributed by atoms with Crippen molar-refractivity contribution >= 4 is 34.2 Å². The first-order valence-corrected chi connectivity index (χ1v) is 12.6. The molecule has 1 amide bonds. The van der Waals surface area contributed by atoms with Crippen molar-refractivity contribution in [2.24, 2.45) is 0 Å². The molecule has 1 aromatic heterocycles. The topological polar surface area (TPSA) is 67.0 Å². The number of H-pyrrole nitrogens is 1. The van der Waals surface area contributed by atoms with Crippen molar-refractivity contribution in [3.05, 3.63) is 88.2 Å². The molecule has 0 fully saturated rings. The highest BCUT2D eigenvalue weighted by Crippen LogP contribution is 2.32. The molecule has 0 saturated carbocycles.